The molecule has 0 aliphatic carbocycles. The third-order valence-electron chi connectivity index (χ3n) is 10.4. The number of nitrogens with zero attached hydrogens (tertiary/aromatic N) is 10. The van der Waals surface area contributed by atoms with Gasteiger partial charge in [0.15, 0.2) is 11.6 Å². The van der Waals surface area contributed by atoms with Gasteiger partial charge in [-0.3, -0.25) is 24.6 Å². The molecule has 4 N–H and O–H groups in total. The van der Waals surface area contributed by atoms with Crippen LogP contribution in [0.4, 0.5) is 11.6 Å². The van der Waals surface area contributed by atoms with Gasteiger partial charge >= 0.3 is 0 Å². The predicted octanol–water partition coefficient (Wildman–Crippen LogP) is 0.630. The maximum absolute atomic E-state index is 15.0. The van der Waals surface area contributed by atoms with E-state index in [4.69, 9.17) is 0 Å². The second-order valence-corrected chi connectivity index (χ2v) is 13.2. The zero-order valence-electron chi connectivity index (χ0n) is 26.3. The topological polar surface area (TPSA) is 160 Å². The molecular weight excluding hydrogens is 588 g/mol. The van der Waals surface area contributed by atoms with Crippen molar-refractivity contribution in [1.82, 2.24) is 49.7 Å². The first-order valence-electron chi connectivity index (χ1n) is 16.3. The fourth-order valence-corrected chi connectivity index (χ4v) is 8.20. The number of hydrazine groups is 2. The standard InChI is InChI=1S/C31H42N12O3/c1-38(28-23-7-9-32-26(23)34-17-36-28)42-11-3-5-21(30(42)40-13-19(44)14-40)25(46)22-6-4-12-43(31(22)41-15-20(45)16-41)39(2)29-24-8-10-33-27(24)35-18-37-29/h7-10,17-22,30-31,44-45H,3-6,11-16H2,1-2H3,(H,32,34,36)(H,33,35,37). The lowest BCUT2D eigenvalue weighted by Gasteiger charge is -2.56. The highest BCUT2D eigenvalue weighted by molar-refractivity contribution is 5.88. The predicted molar refractivity (Wildman–Crippen MR) is 171 cm³/mol. The maximum atomic E-state index is 15.0. The normalized spacial score (nSPS) is 27.6. The number of β-amino-alcohol motifs (C(OH)–C–C–N with tert-alkyl or cyclic N) is 2. The average molecular weight is 631 g/mol. The quantitative estimate of drug-likeness (QED) is 0.215. The smallest absolute Gasteiger partial charge is 0.155 e. The molecular formula is C31H42N12O3. The summed E-state index contributed by atoms with van der Waals surface area (Å²) in [6.45, 7) is 3.67. The number of hydrogen-bond acceptors (Lipinski definition) is 13. The number of aliphatic hydroxyl groups is 2. The zero-order valence-corrected chi connectivity index (χ0v) is 26.3. The van der Waals surface area contributed by atoms with Crippen LogP contribution in [-0.2, 0) is 4.79 Å². The van der Waals surface area contributed by atoms with Crippen LogP contribution < -0.4 is 10.0 Å². The molecule has 244 valence electrons. The van der Waals surface area contributed by atoms with Crippen LogP contribution in [0, 0.1) is 11.8 Å². The number of aromatic amines is 2. The second kappa shape index (κ2) is 11.8. The molecule has 4 unspecified atom stereocenters. The molecule has 4 aromatic heterocycles. The minimum absolute atomic E-state index is 0.212. The van der Waals surface area contributed by atoms with Crippen LogP contribution in [0.3, 0.4) is 0 Å². The van der Waals surface area contributed by atoms with Crippen molar-refractivity contribution in [1.29, 1.82) is 0 Å². The Morgan fingerprint density at radius 2 is 1.17 bits per heavy atom. The van der Waals surface area contributed by atoms with Crippen molar-refractivity contribution in [3.05, 3.63) is 37.2 Å². The minimum atomic E-state index is -0.396. The molecule has 0 spiro atoms. The summed E-state index contributed by atoms with van der Waals surface area (Å²) in [7, 11) is 4.02. The zero-order chi connectivity index (χ0) is 31.5. The van der Waals surface area contributed by atoms with Gasteiger partial charge in [0, 0.05) is 77.6 Å². The Morgan fingerprint density at radius 1 is 0.739 bits per heavy atom. The molecule has 15 nitrogen and oxygen atoms in total. The van der Waals surface area contributed by atoms with E-state index in [0.29, 0.717) is 26.2 Å². The third-order valence-corrected chi connectivity index (χ3v) is 10.4. The molecule has 0 aromatic carbocycles. The number of aromatic nitrogens is 6. The van der Waals surface area contributed by atoms with Crippen LogP contribution in [-0.4, -0.2) is 144 Å². The lowest BCUT2D eigenvalue weighted by Crippen LogP contribution is -2.71. The summed E-state index contributed by atoms with van der Waals surface area (Å²) >= 11 is 0. The number of likely N-dealkylation sites (tertiary alicyclic amines) is 2. The number of anilines is 2. The number of H-pyrrole nitrogens is 2. The van der Waals surface area contributed by atoms with E-state index in [2.05, 4.69) is 59.7 Å². The Balaban J connectivity index is 1.12. The number of carbonyl (C=O) groups is 1. The van der Waals surface area contributed by atoms with Crippen LogP contribution in [0.15, 0.2) is 37.2 Å². The molecule has 46 heavy (non-hydrogen) atoms. The van der Waals surface area contributed by atoms with Crippen molar-refractivity contribution in [3.8, 4) is 0 Å². The minimum Gasteiger partial charge on any atom is -0.390 e. The molecule has 4 aliphatic rings. The number of ketones is 1. The van der Waals surface area contributed by atoms with Crippen LogP contribution in [0.1, 0.15) is 25.7 Å². The van der Waals surface area contributed by atoms with Crippen molar-refractivity contribution in [3.63, 3.8) is 0 Å². The number of nitrogens with one attached hydrogen (secondary N) is 2. The number of rotatable bonds is 8. The Kier molecular flexibility index (Phi) is 7.62. The molecule has 8 heterocycles. The number of hydrogen-bond donors (Lipinski definition) is 4. The van der Waals surface area contributed by atoms with Gasteiger partial charge in [0.1, 0.15) is 29.7 Å². The number of fused-ring (bicyclic) bond motifs is 2. The Labute approximate surface area is 266 Å². The summed E-state index contributed by atoms with van der Waals surface area (Å²) in [5.74, 6) is 1.30. The highest BCUT2D eigenvalue weighted by Crippen LogP contribution is 2.40. The third kappa shape index (κ3) is 4.93. The van der Waals surface area contributed by atoms with E-state index in [1.807, 2.05) is 38.6 Å². The second-order valence-electron chi connectivity index (χ2n) is 13.2. The van der Waals surface area contributed by atoms with E-state index < -0.39 is 12.2 Å². The molecule has 0 saturated carbocycles. The van der Waals surface area contributed by atoms with Crippen molar-refractivity contribution < 1.29 is 15.0 Å². The van der Waals surface area contributed by atoms with Gasteiger partial charge in [-0.05, 0) is 37.8 Å². The van der Waals surface area contributed by atoms with E-state index >= 15 is 4.79 Å². The Morgan fingerprint density at radius 3 is 1.59 bits per heavy atom. The molecule has 4 fully saturated rings. The van der Waals surface area contributed by atoms with E-state index in [1.165, 1.54) is 0 Å². The highest BCUT2D eigenvalue weighted by Gasteiger charge is 2.51. The summed E-state index contributed by atoms with van der Waals surface area (Å²) in [5.41, 5.74) is 1.54. The molecule has 4 atom stereocenters. The van der Waals surface area contributed by atoms with Gasteiger partial charge in [0.05, 0.1) is 35.3 Å². The van der Waals surface area contributed by atoms with Gasteiger partial charge in [-0.25, -0.2) is 30.0 Å². The number of carbonyl (C=O) groups excluding carboxylic acids is 1. The molecule has 0 amide bonds. The van der Waals surface area contributed by atoms with Gasteiger partial charge in [-0.2, -0.15) is 0 Å². The van der Waals surface area contributed by atoms with E-state index in [-0.39, 0.29) is 30.0 Å². The lowest BCUT2D eigenvalue weighted by molar-refractivity contribution is -0.160. The summed E-state index contributed by atoms with van der Waals surface area (Å²) < 4.78 is 0. The van der Waals surface area contributed by atoms with E-state index in [1.54, 1.807) is 12.7 Å². The summed E-state index contributed by atoms with van der Waals surface area (Å²) in [5, 5.41) is 31.3. The summed E-state index contributed by atoms with van der Waals surface area (Å²) in [6.07, 6.45) is 8.94. The largest absolute Gasteiger partial charge is 0.390 e. The number of Topliss-reactive ketones (excluding diaryl/α,β-unsaturated/α-hetero) is 1. The average Bonchev–Trinajstić information content (AvgIpc) is 3.74. The van der Waals surface area contributed by atoms with Crippen LogP contribution in [0.2, 0.25) is 0 Å². The molecule has 15 heteroatoms. The molecule has 0 radical (unpaired) electrons. The van der Waals surface area contributed by atoms with Crippen molar-refractivity contribution in [2.45, 2.75) is 50.2 Å². The van der Waals surface area contributed by atoms with Gasteiger partial charge in [0.2, 0.25) is 0 Å². The fourth-order valence-electron chi connectivity index (χ4n) is 8.20. The summed E-state index contributed by atoms with van der Waals surface area (Å²) in [6, 6.07) is 3.96. The first-order chi connectivity index (χ1) is 22.4. The maximum Gasteiger partial charge on any atom is 0.155 e. The van der Waals surface area contributed by atoms with Crippen LogP contribution in [0.5, 0.6) is 0 Å². The van der Waals surface area contributed by atoms with Gasteiger partial charge in [-0.1, -0.05) is 0 Å². The molecule has 4 saturated heterocycles. The number of aliphatic hydroxyl groups excluding tert-OH is 2. The first-order valence-corrected chi connectivity index (χ1v) is 16.3. The van der Waals surface area contributed by atoms with Gasteiger partial charge < -0.3 is 20.2 Å². The van der Waals surface area contributed by atoms with Crippen molar-refractivity contribution in [2.75, 3.05) is 63.4 Å². The SMILES string of the molecule is CN(c1ncnc2[nH]ccc12)N1CCCC(C(=O)C2CCCN(N(C)c3ncnc4[nH]ccc34)C2N2CC(O)C2)C1N1CC(O)C1. The van der Waals surface area contributed by atoms with E-state index in [9.17, 15) is 10.2 Å². The van der Waals surface area contributed by atoms with E-state index in [0.717, 1.165) is 72.5 Å². The van der Waals surface area contributed by atoms with Gasteiger partial charge in [0.25, 0.3) is 0 Å². The first kappa shape index (κ1) is 29.7. The van der Waals surface area contributed by atoms with Crippen molar-refractivity contribution in [2.24, 2.45) is 11.8 Å². The monoisotopic (exact) mass is 630 g/mol. The molecule has 4 aliphatic heterocycles. The van der Waals surface area contributed by atoms with Crippen molar-refractivity contribution >= 4 is 39.5 Å². The Bertz CT molecular complexity index is 1580. The van der Waals surface area contributed by atoms with Crippen LogP contribution in [0.25, 0.3) is 22.1 Å². The Hall–Kier alpha value is -3.73. The van der Waals surface area contributed by atoms with Crippen LogP contribution >= 0.6 is 0 Å². The number of piperidine rings is 2. The highest BCUT2D eigenvalue weighted by atomic mass is 16.3. The lowest BCUT2D eigenvalue weighted by atomic mass is 9.78. The van der Waals surface area contributed by atoms with Gasteiger partial charge in [-0.15, -0.1) is 0 Å². The fraction of sp³-hybridized carbons (Fsp3) is 0.581. The molecule has 0 bridgehead atoms. The summed E-state index contributed by atoms with van der Waals surface area (Å²) in [4.78, 5) is 43.9. The molecule has 4 aromatic rings. The molecule has 8 rings (SSSR count).